The van der Waals surface area contributed by atoms with E-state index in [-0.39, 0.29) is 0 Å². The van der Waals surface area contributed by atoms with Gasteiger partial charge in [0.2, 0.25) is 5.95 Å². The Morgan fingerprint density at radius 1 is 1.26 bits per heavy atom. The quantitative estimate of drug-likeness (QED) is 0.763. The Labute approximate surface area is 160 Å². The summed E-state index contributed by atoms with van der Waals surface area (Å²) in [5, 5.41) is 7.91. The number of fused-ring (bicyclic) bond motifs is 1. The summed E-state index contributed by atoms with van der Waals surface area (Å²) in [5.74, 6) is 2.21. The number of anilines is 3. The summed E-state index contributed by atoms with van der Waals surface area (Å²) in [7, 11) is 4.00. The highest BCUT2D eigenvalue weighted by Gasteiger charge is 2.17. The van der Waals surface area contributed by atoms with Gasteiger partial charge in [-0.2, -0.15) is 10.1 Å². The fourth-order valence-electron chi connectivity index (χ4n) is 3.68. The summed E-state index contributed by atoms with van der Waals surface area (Å²) in [6, 6.07) is 8.24. The van der Waals surface area contributed by atoms with Gasteiger partial charge in [0.15, 0.2) is 0 Å². The third-order valence-corrected chi connectivity index (χ3v) is 5.40. The third kappa shape index (κ3) is 3.60. The number of rotatable bonds is 4. The van der Waals surface area contributed by atoms with E-state index in [1.165, 1.54) is 12.8 Å². The fourth-order valence-corrected chi connectivity index (χ4v) is 3.68. The molecule has 7 heteroatoms. The number of benzene rings is 1. The Kier molecular flexibility index (Phi) is 4.70. The van der Waals surface area contributed by atoms with Crippen molar-refractivity contribution in [2.45, 2.75) is 26.7 Å². The molecule has 1 atom stereocenters. The Bertz CT molecular complexity index is 949. The van der Waals surface area contributed by atoms with Crippen molar-refractivity contribution in [2.75, 3.05) is 30.5 Å². The van der Waals surface area contributed by atoms with Crippen LogP contribution in [0.1, 0.15) is 25.5 Å². The van der Waals surface area contributed by atoms with Gasteiger partial charge in [0, 0.05) is 50.1 Å². The molecule has 1 aliphatic heterocycles. The van der Waals surface area contributed by atoms with Gasteiger partial charge in [0.1, 0.15) is 5.82 Å². The molecule has 4 rings (SSSR count). The van der Waals surface area contributed by atoms with Gasteiger partial charge >= 0.3 is 0 Å². The highest BCUT2D eigenvalue weighted by molar-refractivity contribution is 5.86. The molecule has 1 unspecified atom stereocenters. The predicted molar refractivity (Wildman–Crippen MR) is 109 cm³/mol. The van der Waals surface area contributed by atoms with Crippen LogP contribution in [0.4, 0.5) is 17.5 Å². The van der Waals surface area contributed by atoms with Gasteiger partial charge < -0.3 is 4.90 Å². The molecule has 0 spiro atoms. The van der Waals surface area contributed by atoms with Crippen LogP contribution in [-0.4, -0.2) is 44.9 Å². The number of hydrogen-bond donors (Lipinski definition) is 1. The van der Waals surface area contributed by atoms with Crippen LogP contribution in [0, 0.1) is 12.8 Å². The first-order chi connectivity index (χ1) is 13.0. The minimum atomic E-state index is 0.645. The monoisotopic (exact) mass is 365 g/mol. The van der Waals surface area contributed by atoms with Crippen LogP contribution in [0.2, 0.25) is 0 Å². The van der Waals surface area contributed by atoms with Crippen LogP contribution in [0.25, 0.3) is 10.9 Å². The topological polar surface area (TPSA) is 62.1 Å². The van der Waals surface area contributed by atoms with E-state index in [2.05, 4.69) is 57.5 Å². The van der Waals surface area contributed by atoms with E-state index in [4.69, 9.17) is 4.98 Å². The molecule has 0 bridgehead atoms. The summed E-state index contributed by atoms with van der Waals surface area (Å²) in [5.41, 5.74) is 6.62. The van der Waals surface area contributed by atoms with E-state index >= 15 is 0 Å². The first-order valence-corrected chi connectivity index (χ1v) is 9.53. The standard InChI is InChI=1S/C20H27N7/c1-14-6-5-11-27(13-14)24-20-21-10-9-19(22-20)25(3)16-7-8-18-17(12-16)15(2)26(4)23-18/h7-10,12,14H,5-6,11,13H2,1-4H3,(H,21,22,24). The second kappa shape index (κ2) is 7.15. The molecule has 0 saturated carbocycles. The average molecular weight is 365 g/mol. The Morgan fingerprint density at radius 3 is 2.93 bits per heavy atom. The summed E-state index contributed by atoms with van der Waals surface area (Å²) in [4.78, 5) is 11.2. The van der Waals surface area contributed by atoms with Crippen LogP contribution in [-0.2, 0) is 7.05 Å². The van der Waals surface area contributed by atoms with Gasteiger partial charge in [-0.25, -0.2) is 9.99 Å². The van der Waals surface area contributed by atoms with Crippen molar-refractivity contribution in [3.63, 3.8) is 0 Å². The minimum Gasteiger partial charge on any atom is -0.329 e. The van der Waals surface area contributed by atoms with Crippen LogP contribution < -0.4 is 10.3 Å². The number of hydrazine groups is 1. The van der Waals surface area contributed by atoms with Crippen molar-refractivity contribution < 1.29 is 0 Å². The number of aromatic nitrogens is 4. The summed E-state index contributed by atoms with van der Waals surface area (Å²) in [6.07, 6.45) is 4.30. The molecule has 1 aromatic carbocycles. The lowest BCUT2D eigenvalue weighted by atomic mass is 10.0. The van der Waals surface area contributed by atoms with Crippen LogP contribution in [0.15, 0.2) is 30.5 Å². The Balaban J connectivity index is 1.56. The molecule has 0 radical (unpaired) electrons. The maximum Gasteiger partial charge on any atom is 0.239 e. The first-order valence-electron chi connectivity index (χ1n) is 9.53. The van der Waals surface area contributed by atoms with E-state index in [1.807, 2.05) is 31.0 Å². The van der Waals surface area contributed by atoms with Gasteiger partial charge in [0.25, 0.3) is 0 Å². The molecular formula is C20H27N7. The second-order valence-corrected chi connectivity index (χ2v) is 7.51. The molecule has 3 aromatic rings. The zero-order valence-electron chi connectivity index (χ0n) is 16.5. The van der Waals surface area contributed by atoms with E-state index in [0.717, 1.165) is 41.2 Å². The fraction of sp³-hybridized carbons (Fsp3) is 0.450. The predicted octanol–water partition coefficient (Wildman–Crippen LogP) is 3.50. The minimum absolute atomic E-state index is 0.645. The van der Waals surface area contributed by atoms with E-state index in [0.29, 0.717) is 11.9 Å². The summed E-state index contributed by atoms with van der Waals surface area (Å²) >= 11 is 0. The highest BCUT2D eigenvalue weighted by Crippen LogP contribution is 2.27. The van der Waals surface area contributed by atoms with Gasteiger partial charge in [-0.15, -0.1) is 0 Å². The normalized spacial score (nSPS) is 18.0. The lowest BCUT2D eigenvalue weighted by molar-refractivity contribution is 0.217. The molecule has 142 valence electrons. The van der Waals surface area contributed by atoms with Gasteiger partial charge in [-0.3, -0.25) is 10.1 Å². The molecule has 0 aliphatic carbocycles. The third-order valence-electron chi connectivity index (χ3n) is 5.40. The molecule has 2 aromatic heterocycles. The zero-order chi connectivity index (χ0) is 19.0. The average Bonchev–Trinajstić information content (AvgIpc) is 2.95. The highest BCUT2D eigenvalue weighted by atomic mass is 15.5. The van der Waals surface area contributed by atoms with Crippen molar-refractivity contribution >= 4 is 28.4 Å². The second-order valence-electron chi connectivity index (χ2n) is 7.51. The molecule has 1 N–H and O–H groups in total. The molecular weight excluding hydrogens is 338 g/mol. The van der Waals surface area contributed by atoms with Crippen molar-refractivity contribution in [2.24, 2.45) is 13.0 Å². The van der Waals surface area contributed by atoms with E-state index in [9.17, 15) is 0 Å². The summed E-state index contributed by atoms with van der Waals surface area (Å²) < 4.78 is 1.92. The van der Waals surface area contributed by atoms with Gasteiger partial charge in [-0.05, 0) is 49.9 Å². The number of hydrogen-bond acceptors (Lipinski definition) is 6. The molecule has 27 heavy (non-hydrogen) atoms. The number of nitrogens with zero attached hydrogens (tertiary/aromatic N) is 6. The molecule has 1 saturated heterocycles. The lowest BCUT2D eigenvalue weighted by Crippen LogP contribution is -2.39. The summed E-state index contributed by atoms with van der Waals surface area (Å²) in [6.45, 7) is 6.44. The van der Waals surface area contributed by atoms with Crippen molar-refractivity contribution in [3.8, 4) is 0 Å². The SMILES string of the molecule is Cc1c2cc(N(C)c3ccnc(NN4CCCC(C)C4)n3)ccc2nn1C. The first kappa shape index (κ1) is 17.7. The van der Waals surface area contributed by atoms with Crippen molar-refractivity contribution in [1.29, 1.82) is 0 Å². The molecule has 1 aliphatic rings. The van der Waals surface area contributed by atoms with Crippen LogP contribution in [0.3, 0.4) is 0 Å². The molecule has 7 nitrogen and oxygen atoms in total. The van der Waals surface area contributed by atoms with Crippen molar-refractivity contribution in [3.05, 3.63) is 36.2 Å². The smallest absolute Gasteiger partial charge is 0.239 e. The van der Waals surface area contributed by atoms with Crippen molar-refractivity contribution in [1.82, 2.24) is 24.8 Å². The van der Waals surface area contributed by atoms with E-state index < -0.39 is 0 Å². The van der Waals surface area contributed by atoms with Gasteiger partial charge in [0.05, 0.1) is 5.52 Å². The number of aryl methyl sites for hydroxylation is 2. The lowest BCUT2D eigenvalue weighted by Gasteiger charge is -2.31. The number of piperidine rings is 1. The molecule has 1 fully saturated rings. The largest absolute Gasteiger partial charge is 0.329 e. The van der Waals surface area contributed by atoms with Crippen LogP contribution >= 0.6 is 0 Å². The maximum absolute atomic E-state index is 4.72. The van der Waals surface area contributed by atoms with Gasteiger partial charge in [-0.1, -0.05) is 6.92 Å². The Hall–Kier alpha value is -2.67. The molecule has 3 heterocycles. The van der Waals surface area contributed by atoms with Crippen LogP contribution in [0.5, 0.6) is 0 Å². The van der Waals surface area contributed by atoms with E-state index in [1.54, 1.807) is 0 Å². The number of nitrogens with one attached hydrogen (secondary N) is 1. The maximum atomic E-state index is 4.72. The Morgan fingerprint density at radius 2 is 2.11 bits per heavy atom. The molecule has 0 amide bonds. The zero-order valence-corrected chi connectivity index (χ0v) is 16.5.